The maximum absolute atomic E-state index is 12.1. The second kappa shape index (κ2) is 10.8. The van der Waals surface area contributed by atoms with Gasteiger partial charge in [0.05, 0.1) is 31.9 Å². The van der Waals surface area contributed by atoms with Crippen LogP contribution in [0.5, 0.6) is 0 Å². The fourth-order valence-electron chi connectivity index (χ4n) is 3.71. The molecule has 1 saturated heterocycles. The molecule has 0 saturated carbocycles. The average Bonchev–Trinajstić information content (AvgIpc) is 3.00. The van der Waals surface area contributed by atoms with Crippen molar-refractivity contribution in [2.24, 2.45) is 0 Å². The lowest BCUT2D eigenvalue weighted by Gasteiger charge is -2.16. The SMILES string of the molecule is O=C(CCn1nc(-c2ccccc2)ccc1=O)NCCC[NH+]1CCCCCC1. The summed E-state index contributed by atoms with van der Waals surface area (Å²) >= 11 is 0. The maximum Gasteiger partial charge on any atom is 0.266 e. The number of quaternary nitrogens is 1. The third-order valence-electron chi connectivity index (χ3n) is 5.33. The number of rotatable bonds is 8. The van der Waals surface area contributed by atoms with Gasteiger partial charge in [0.15, 0.2) is 0 Å². The minimum Gasteiger partial charge on any atom is -0.356 e. The molecule has 1 fully saturated rings. The number of hydrogen-bond donors (Lipinski definition) is 2. The van der Waals surface area contributed by atoms with E-state index in [0.717, 1.165) is 24.2 Å². The molecule has 1 aromatic heterocycles. The van der Waals surface area contributed by atoms with Gasteiger partial charge in [-0.05, 0) is 31.7 Å². The number of nitrogens with one attached hydrogen (secondary N) is 2. The number of likely N-dealkylation sites (tertiary alicyclic amines) is 1. The lowest BCUT2D eigenvalue weighted by atomic mass is 10.1. The van der Waals surface area contributed by atoms with Gasteiger partial charge < -0.3 is 10.2 Å². The van der Waals surface area contributed by atoms with Gasteiger partial charge in [0.1, 0.15) is 0 Å². The van der Waals surface area contributed by atoms with Crippen molar-refractivity contribution < 1.29 is 9.69 Å². The highest BCUT2D eigenvalue weighted by atomic mass is 16.2. The van der Waals surface area contributed by atoms with Crippen LogP contribution in [-0.2, 0) is 11.3 Å². The van der Waals surface area contributed by atoms with Crippen LogP contribution in [0.3, 0.4) is 0 Å². The fourth-order valence-corrected chi connectivity index (χ4v) is 3.71. The second-order valence-corrected chi connectivity index (χ2v) is 7.51. The van der Waals surface area contributed by atoms with Gasteiger partial charge in [0.2, 0.25) is 5.91 Å². The van der Waals surface area contributed by atoms with Gasteiger partial charge in [-0.1, -0.05) is 30.3 Å². The first kappa shape index (κ1) is 20.3. The van der Waals surface area contributed by atoms with E-state index in [1.165, 1.54) is 49.5 Å². The molecular formula is C22H31N4O2+. The molecule has 0 aliphatic carbocycles. The number of hydrogen-bond acceptors (Lipinski definition) is 3. The monoisotopic (exact) mass is 383 g/mol. The van der Waals surface area contributed by atoms with Crippen LogP contribution >= 0.6 is 0 Å². The molecule has 2 N–H and O–H groups in total. The van der Waals surface area contributed by atoms with E-state index in [-0.39, 0.29) is 17.9 Å². The first-order chi connectivity index (χ1) is 13.7. The first-order valence-electron chi connectivity index (χ1n) is 10.5. The zero-order valence-electron chi connectivity index (χ0n) is 16.5. The number of aryl methyl sites for hydroxylation is 1. The zero-order chi connectivity index (χ0) is 19.6. The highest BCUT2D eigenvalue weighted by molar-refractivity contribution is 5.75. The Morgan fingerprint density at radius 2 is 1.79 bits per heavy atom. The summed E-state index contributed by atoms with van der Waals surface area (Å²) in [6, 6.07) is 13.0. The zero-order valence-corrected chi connectivity index (χ0v) is 16.5. The summed E-state index contributed by atoms with van der Waals surface area (Å²) in [4.78, 5) is 25.8. The Hall–Kier alpha value is -2.47. The molecule has 28 heavy (non-hydrogen) atoms. The molecule has 0 spiro atoms. The van der Waals surface area contributed by atoms with Crippen LogP contribution in [0.25, 0.3) is 11.3 Å². The summed E-state index contributed by atoms with van der Waals surface area (Å²) < 4.78 is 1.38. The van der Waals surface area contributed by atoms with Crippen molar-refractivity contribution in [1.29, 1.82) is 0 Å². The van der Waals surface area contributed by atoms with Crippen LogP contribution in [-0.4, -0.2) is 41.9 Å². The van der Waals surface area contributed by atoms with Crippen molar-refractivity contribution in [2.75, 3.05) is 26.2 Å². The van der Waals surface area contributed by atoms with Crippen LogP contribution in [0.2, 0.25) is 0 Å². The summed E-state index contributed by atoms with van der Waals surface area (Å²) in [5, 5.41) is 7.38. The van der Waals surface area contributed by atoms with Gasteiger partial charge >= 0.3 is 0 Å². The minimum absolute atomic E-state index is 0.0234. The van der Waals surface area contributed by atoms with Crippen molar-refractivity contribution >= 4 is 5.91 Å². The van der Waals surface area contributed by atoms with E-state index >= 15 is 0 Å². The summed E-state index contributed by atoms with van der Waals surface area (Å²) in [7, 11) is 0. The molecule has 2 aromatic rings. The Balaban J connectivity index is 1.42. The summed E-state index contributed by atoms with van der Waals surface area (Å²) in [5.74, 6) is -0.0234. The molecule has 3 rings (SSSR count). The lowest BCUT2D eigenvalue weighted by Crippen LogP contribution is -3.11. The van der Waals surface area contributed by atoms with E-state index in [9.17, 15) is 9.59 Å². The Morgan fingerprint density at radius 3 is 2.54 bits per heavy atom. The minimum atomic E-state index is -0.183. The van der Waals surface area contributed by atoms with Gasteiger partial charge in [-0.2, -0.15) is 5.10 Å². The average molecular weight is 384 g/mol. The van der Waals surface area contributed by atoms with E-state index in [1.807, 2.05) is 30.3 Å². The molecule has 6 nitrogen and oxygen atoms in total. The molecule has 0 bridgehead atoms. The Labute approximate surface area is 166 Å². The number of nitrogens with zero attached hydrogens (tertiary/aromatic N) is 2. The number of carbonyl (C=O) groups is 1. The van der Waals surface area contributed by atoms with Crippen LogP contribution in [0.4, 0.5) is 0 Å². The smallest absolute Gasteiger partial charge is 0.266 e. The normalized spacial score (nSPS) is 15.1. The van der Waals surface area contributed by atoms with Gasteiger partial charge in [-0.25, -0.2) is 4.68 Å². The van der Waals surface area contributed by atoms with Crippen LogP contribution in [0, 0.1) is 0 Å². The first-order valence-corrected chi connectivity index (χ1v) is 10.5. The lowest BCUT2D eigenvalue weighted by molar-refractivity contribution is -0.899. The molecule has 1 aliphatic rings. The number of carbonyl (C=O) groups excluding carboxylic acids is 1. The molecule has 0 atom stereocenters. The van der Waals surface area contributed by atoms with Gasteiger partial charge in [-0.15, -0.1) is 0 Å². The Kier molecular flexibility index (Phi) is 7.79. The molecule has 0 unspecified atom stereocenters. The molecule has 150 valence electrons. The van der Waals surface area contributed by atoms with Crippen LogP contribution < -0.4 is 15.8 Å². The van der Waals surface area contributed by atoms with Gasteiger partial charge in [0, 0.05) is 31.0 Å². The highest BCUT2D eigenvalue weighted by Gasteiger charge is 2.12. The van der Waals surface area contributed by atoms with Crippen LogP contribution in [0.1, 0.15) is 38.5 Å². The van der Waals surface area contributed by atoms with Crippen molar-refractivity contribution in [3.05, 3.63) is 52.8 Å². The molecule has 1 aliphatic heterocycles. The van der Waals surface area contributed by atoms with Crippen molar-refractivity contribution in [3.63, 3.8) is 0 Å². The van der Waals surface area contributed by atoms with E-state index < -0.39 is 0 Å². The molecule has 1 amide bonds. The van der Waals surface area contributed by atoms with Crippen LogP contribution in [0.15, 0.2) is 47.3 Å². The van der Waals surface area contributed by atoms with E-state index in [1.54, 1.807) is 11.0 Å². The van der Waals surface area contributed by atoms with Crippen molar-refractivity contribution in [2.45, 2.75) is 45.1 Å². The number of amides is 1. The maximum atomic E-state index is 12.1. The van der Waals surface area contributed by atoms with Crippen molar-refractivity contribution in [1.82, 2.24) is 15.1 Å². The fraction of sp³-hybridized carbons (Fsp3) is 0.500. The summed E-state index contributed by atoms with van der Waals surface area (Å²) in [6.45, 7) is 4.65. The standard InChI is InChI=1S/C22H30N4O2/c27-21(23-14-8-17-25-15-6-1-2-7-16-25)13-18-26-22(28)12-11-20(24-26)19-9-4-3-5-10-19/h3-5,9-12H,1-2,6-8,13-18H2,(H,23,27)/p+1. The highest BCUT2D eigenvalue weighted by Crippen LogP contribution is 2.13. The number of aromatic nitrogens is 2. The third-order valence-corrected chi connectivity index (χ3v) is 5.33. The predicted octanol–water partition coefficient (Wildman–Crippen LogP) is 1.27. The molecular weight excluding hydrogens is 352 g/mol. The number of benzene rings is 1. The van der Waals surface area contributed by atoms with E-state index in [0.29, 0.717) is 13.1 Å². The molecule has 1 aromatic carbocycles. The molecule has 6 heteroatoms. The Morgan fingerprint density at radius 1 is 1.04 bits per heavy atom. The quantitative estimate of drug-likeness (QED) is 0.675. The topological polar surface area (TPSA) is 68.4 Å². The molecule has 0 radical (unpaired) electrons. The predicted molar refractivity (Wildman–Crippen MR) is 110 cm³/mol. The largest absolute Gasteiger partial charge is 0.356 e. The Bertz CT molecular complexity index is 796. The van der Waals surface area contributed by atoms with Crippen molar-refractivity contribution in [3.8, 4) is 11.3 Å². The summed E-state index contributed by atoms with van der Waals surface area (Å²) in [6.07, 6.45) is 6.64. The second-order valence-electron chi connectivity index (χ2n) is 7.51. The van der Waals surface area contributed by atoms with E-state index in [2.05, 4.69) is 10.4 Å². The summed E-state index contributed by atoms with van der Waals surface area (Å²) in [5.41, 5.74) is 1.51. The van der Waals surface area contributed by atoms with Gasteiger partial charge in [0.25, 0.3) is 5.56 Å². The van der Waals surface area contributed by atoms with Gasteiger partial charge in [-0.3, -0.25) is 9.59 Å². The molecule has 2 heterocycles. The van der Waals surface area contributed by atoms with E-state index in [4.69, 9.17) is 0 Å². The third kappa shape index (κ3) is 6.30.